The molecule has 0 spiro atoms. The molecule has 0 atom stereocenters. The van der Waals surface area contributed by atoms with Gasteiger partial charge >= 0.3 is 109 Å². The number of nitrogens with zero attached hydrogens (tertiary/aromatic N) is 1. The van der Waals surface area contributed by atoms with Gasteiger partial charge in [-0.2, -0.15) is 0 Å². The fraction of sp³-hybridized carbons (Fsp3) is 0.417. The van der Waals surface area contributed by atoms with Gasteiger partial charge in [-0.25, -0.2) is 0 Å². The van der Waals surface area contributed by atoms with Crippen molar-refractivity contribution >= 4 is 36.0 Å². The summed E-state index contributed by atoms with van der Waals surface area (Å²) >= 11 is 6.62. The van der Waals surface area contributed by atoms with E-state index in [1.54, 1.807) is 0 Å². The Bertz CT molecular complexity index is 317. The summed E-state index contributed by atoms with van der Waals surface area (Å²) in [6.45, 7) is 6.50. The minimum absolute atomic E-state index is 0.995. The second-order valence-electron chi connectivity index (χ2n) is 3.37. The number of hydrogen-bond acceptors (Lipinski definition) is 1. The summed E-state index contributed by atoms with van der Waals surface area (Å²) in [5.41, 5.74) is 1.35. The molecule has 0 aliphatic carbocycles. The van der Waals surface area contributed by atoms with E-state index in [0.717, 1.165) is 24.0 Å². The Morgan fingerprint density at radius 1 is 1.20 bits per heavy atom. The molecular formula is C12H16BrNSe. The van der Waals surface area contributed by atoms with Crippen LogP contribution in [-0.2, 0) is 6.42 Å². The minimum atomic E-state index is 0.995. The Hall–Kier alpha value is -0.111. The third-order valence-corrected chi connectivity index (χ3v) is 3.76. The van der Waals surface area contributed by atoms with E-state index in [1.165, 1.54) is 10.1 Å². The van der Waals surface area contributed by atoms with Crippen molar-refractivity contribution in [3.63, 3.8) is 0 Å². The number of likely N-dealkylation sites (N-methyl/N-ethyl adjacent to an activating group) is 1. The van der Waals surface area contributed by atoms with Crippen LogP contribution in [0, 0.1) is 0 Å². The van der Waals surface area contributed by atoms with Crippen LogP contribution in [0.4, 0.5) is 0 Å². The van der Waals surface area contributed by atoms with Gasteiger partial charge in [-0.1, -0.05) is 0 Å². The Morgan fingerprint density at radius 3 is 2.20 bits per heavy atom. The Morgan fingerprint density at radius 2 is 1.73 bits per heavy atom. The molecule has 1 aromatic carbocycles. The zero-order chi connectivity index (χ0) is 11.3. The molecule has 0 bridgehead atoms. The maximum atomic E-state index is 3.44. The predicted octanol–water partition coefficient (Wildman–Crippen LogP) is 2.63. The fourth-order valence-electron chi connectivity index (χ4n) is 1.46. The summed E-state index contributed by atoms with van der Waals surface area (Å²) in [5, 5.41) is 0. The van der Waals surface area contributed by atoms with Crippen molar-refractivity contribution in [2.75, 3.05) is 13.1 Å². The van der Waals surface area contributed by atoms with Gasteiger partial charge in [0.2, 0.25) is 0 Å². The molecule has 15 heavy (non-hydrogen) atoms. The third-order valence-electron chi connectivity index (χ3n) is 2.38. The van der Waals surface area contributed by atoms with Gasteiger partial charge in [0.15, 0.2) is 0 Å². The zero-order valence-corrected chi connectivity index (χ0v) is 12.5. The van der Waals surface area contributed by atoms with E-state index in [2.05, 4.69) is 74.5 Å². The first kappa shape index (κ1) is 13.0. The summed E-state index contributed by atoms with van der Waals surface area (Å²) in [6, 6.07) is 8.49. The van der Waals surface area contributed by atoms with E-state index in [0.29, 0.717) is 0 Å². The molecule has 3 heteroatoms. The van der Waals surface area contributed by atoms with E-state index in [4.69, 9.17) is 0 Å². The molecule has 1 nitrogen and oxygen atoms in total. The first-order valence-electron chi connectivity index (χ1n) is 5.19. The summed E-state index contributed by atoms with van der Waals surface area (Å²) in [4.78, 5) is 2.35. The predicted molar refractivity (Wildman–Crippen MR) is 71.5 cm³/mol. The van der Waals surface area contributed by atoms with Crippen LogP contribution in [0.3, 0.4) is 0 Å². The molecule has 0 aliphatic rings. The van der Waals surface area contributed by atoms with E-state index < -0.39 is 0 Å². The van der Waals surface area contributed by atoms with Crippen molar-refractivity contribution in [1.29, 1.82) is 0 Å². The van der Waals surface area contributed by atoms with Gasteiger partial charge in [0.25, 0.3) is 0 Å². The molecule has 1 aromatic rings. The van der Waals surface area contributed by atoms with Crippen LogP contribution in [0.5, 0.6) is 0 Å². The van der Waals surface area contributed by atoms with Crippen LogP contribution in [-0.4, -0.2) is 38.1 Å². The van der Waals surface area contributed by atoms with Crippen molar-refractivity contribution in [1.82, 2.24) is 4.90 Å². The van der Waals surface area contributed by atoms with Gasteiger partial charge in [0, 0.05) is 0 Å². The third kappa shape index (κ3) is 4.10. The molecule has 82 valence electrons. The van der Waals surface area contributed by atoms with Crippen LogP contribution >= 0.6 is 15.9 Å². The second kappa shape index (κ2) is 6.47. The molecular weight excluding hydrogens is 317 g/mol. The second-order valence-corrected chi connectivity index (χ2v) is 5.27. The number of benzene rings is 1. The molecule has 0 fully saturated rings. The van der Waals surface area contributed by atoms with Crippen molar-refractivity contribution in [3.8, 4) is 0 Å². The summed E-state index contributed by atoms with van der Waals surface area (Å²) in [5.74, 6) is 0. The summed E-state index contributed by atoms with van der Waals surface area (Å²) < 4.78 is 2.46. The molecule has 0 aliphatic heterocycles. The van der Waals surface area contributed by atoms with Gasteiger partial charge < -0.3 is 0 Å². The van der Waals surface area contributed by atoms with E-state index in [1.807, 2.05) is 0 Å². The molecule has 0 saturated carbocycles. The first-order chi connectivity index (χ1) is 7.17. The Balaban J connectivity index is 2.61. The van der Waals surface area contributed by atoms with Gasteiger partial charge in [-0.15, -0.1) is 0 Å². The molecule has 1 rings (SSSR count). The molecule has 0 unspecified atom stereocenters. The Kier molecular flexibility index (Phi) is 5.59. The van der Waals surface area contributed by atoms with Crippen LogP contribution < -0.4 is 0 Å². The zero-order valence-electron chi connectivity index (χ0n) is 9.16. The van der Waals surface area contributed by atoms with Crippen LogP contribution in [0.1, 0.15) is 19.4 Å². The van der Waals surface area contributed by atoms with Crippen molar-refractivity contribution in [2.24, 2.45) is 0 Å². The van der Waals surface area contributed by atoms with E-state index >= 15 is 0 Å². The Labute approximate surface area is 108 Å². The van der Waals surface area contributed by atoms with Crippen molar-refractivity contribution < 1.29 is 0 Å². The standard InChI is InChI=1S/C12H16BrNSe/c1-3-14(4-2)12(15)9-10-5-7-11(13)8-6-10/h5-8H,3-4,9H2,1-2H3. The topological polar surface area (TPSA) is 3.24 Å². The van der Waals surface area contributed by atoms with Crippen molar-refractivity contribution in [2.45, 2.75) is 20.3 Å². The summed E-state index contributed by atoms with van der Waals surface area (Å²) in [7, 11) is 0. The average Bonchev–Trinajstić information content (AvgIpc) is 2.23. The molecule has 0 saturated heterocycles. The molecule has 0 aromatic heterocycles. The van der Waals surface area contributed by atoms with Gasteiger partial charge in [-0.3, -0.25) is 0 Å². The van der Waals surface area contributed by atoms with Crippen molar-refractivity contribution in [3.05, 3.63) is 34.3 Å². The average molecular weight is 333 g/mol. The van der Waals surface area contributed by atoms with Crippen LogP contribution in [0.25, 0.3) is 0 Å². The quantitative estimate of drug-likeness (QED) is 0.749. The van der Waals surface area contributed by atoms with E-state index in [-0.39, 0.29) is 0 Å². The van der Waals surface area contributed by atoms with Crippen LogP contribution in [0.15, 0.2) is 28.7 Å². The fourth-order valence-corrected chi connectivity index (χ4v) is 2.62. The maximum absolute atomic E-state index is 3.44. The normalized spacial score (nSPS) is 10.1. The first-order valence-corrected chi connectivity index (χ1v) is 6.84. The molecule has 0 amide bonds. The molecule has 0 radical (unpaired) electrons. The monoisotopic (exact) mass is 333 g/mol. The number of rotatable bonds is 5. The van der Waals surface area contributed by atoms with Crippen LogP contribution in [0.2, 0.25) is 0 Å². The molecule has 0 heterocycles. The SMILES string of the molecule is CCN(CC)C(=[Se])Cc1ccc(Br)cc1. The number of hydrogen-bond donors (Lipinski definition) is 0. The summed E-state index contributed by atoms with van der Waals surface area (Å²) in [6.07, 6.45) is 0.995. The van der Waals surface area contributed by atoms with Gasteiger partial charge in [-0.05, 0) is 0 Å². The van der Waals surface area contributed by atoms with Gasteiger partial charge in [0.05, 0.1) is 0 Å². The number of halogens is 1. The molecule has 0 N–H and O–H groups in total. The van der Waals surface area contributed by atoms with Gasteiger partial charge in [0.1, 0.15) is 0 Å². The van der Waals surface area contributed by atoms with E-state index in [9.17, 15) is 0 Å².